The van der Waals surface area contributed by atoms with Crippen molar-refractivity contribution in [2.75, 3.05) is 39.2 Å². The lowest BCUT2D eigenvalue weighted by Crippen LogP contribution is -3.17. The molecule has 0 aliphatic carbocycles. The van der Waals surface area contributed by atoms with Gasteiger partial charge < -0.3 is 29.4 Å². The molecule has 1 aromatic heterocycles. The number of hydrogen-bond donors (Lipinski definition) is 3. The molecule has 0 saturated carbocycles. The van der Waals surface area contributed by atoms with Crippen LogP contribution < -0.4 is 19.7 Å². The predicted molar refractivity (Wildman–Crippen MR) is 115 cm³/mol. The van der Waals surface area contributed by atoms with E-state index in [1.807, 2.05) is 6.92 Å². The fourth-order valence-electron chi connectivity index (χ4n) is 4.15. The van der Waals surface area contributed by atoms with Crippen molar-refractivity contribution in [2.45, 2.75) is 39.7 Å². The lowest BCUT2D eigenvalue weighted by atomic mass is 9.99. The molecule has 8 heteroatoms. The van der Waals surface area contributed by atoms with Gasteiger partial charge in [0.2, 0.25) is 0 Å². The van der Waals surface area contributed by atoms with Crippen LogP contribution in [0.25, 0.3) is 10.9 Å². The second-order valence-corrected chi connectivity index (χ2v) is 7.92. The summed E-state index contributed by atoms with van der Waals surface area (Å²) in [4.78, 5) is 30.0. The lowest BCUT2D eigenvalue weighted by Gasteiger charge is -2.31. The Hall–Kier alpha value is -2.74. The first kappa shape index (κ1) is 22.0. The maximum absolute atomic E-state index is 13.1. The molecule has 0 spiro atoms. The second kappa shape index (κ2) is 9.38. The number of benzene rings is 1. The maximum Gasteiger partial charge on any atom is 0.356 e. The number of aromatic amines is 1. The Kier molecular flexibility index (Phi) is 6.87. The first-order valence-corrected chi connectivity index (χ1v) is 10.5. The molecule has 1 aliphatic rings. The number of hydrogen-bond acceptors (Lipinski definition) is 5. The summed E-state index contributed by atoms with van der Waals surface area (Å²) in [7, 11) is 3.09. The van der Waals surface area contributed by atoms with E-state index in [-0.39, 0.29) is 24.2 Å². The van der Waals surface area contributed by atoms with E-state index in [4.69, 9.17) is 14.2 Å². The number of esters is 1. The number of amides is 1. The molecule has 8 nitrogen and oxygen atoms in total. The summed E-state index contributed by atoms with van der Waals surface area (Å²) < 4.78 is 16.0. The molecule has 30 heavy (non-hydrogen) atoms. The molecule has 3 N–H and O–H groups in total. The summed E-state index contributed by atoms with van der Waals surface area (Å²) in [6, 6.07) is 3.27. The highest BCUT2D eigenvalue weighted by Gasteiger charge is 2.31. The van der Waals surface area contributed by atoms with E-state index in [0.717, 1.165) is 19.5 Å². The van der Waals surface area contributed by atoms with Gasteiger partial charge in [-0.15, -0.1) is 0 Å². The van der Waals surface area contributed by atoms with E-state index in [2.05, 4.69) is 17.2 Å². The number of aromatic nitrogens is 1. The zero-order valence-corrected chi connectivity index (χ0v) is 18.4. The number of carbonyl (C=O) groups excluding carboxylic acids is 2. The minimum Gasteiger partial charge on any atom is -0.493 e. The summed E-state index contributed by atoms with van der Waals surface area (Å²) in [5.41, 5.74) is 1.27. The monoisotopic (exact) mass is 418 g/mol. The van der Waals surface area contributed by atoms with Crippen molar-refractivity contribution < 1.29 is 28.7 Å². The second-order valence-electron chi connectivity index (χ2n) is 7.92. The van der Waals surface area contributed by atoms with Gasteiger partial charge in [0.1, 0.15) is 5.69 Å². The van der Waals surface area contributed by atoms with E-state index in [0.29, 0.717) is 34.0 Å². The molecule has 1 amide bonds. The molecule has 164 valence electrons. The summed E-state index contributed by atoms with van der Waals surface area (Å²) in [6.45, 7) is 8.09. The molecule has 1 aromatic carbocycles. The Labute approximate surface area is 176 Å². The first-order chi connectivity index (χ1) is 14.4. The number of piperidine rings is 1. The Balaban J connectivity index is 1.98. The molecule has 3 atom stereocenters. The van der Waals surface area contributed by atoms with Gasteiger partial charge >= 0.3 is 5.97 Å². The average Bonchev–Trinajstić information content (AvgIpc) is 3.09. The van der Waals surface area contributed by atoms with Crippen molar-refractivity contribution in [1.82, 2.24) is 4.98 Å². The van der Waals surface area contributed by atoms with E-state index in [1.165, 1.54) is 11.3 Å². The highest BCUT2D eigenvalue weighted by Crippen LogP contribution is 2.37. The number of rotatable bonds is 7. The molecule has 1 saturated heterocycles. The molecular weight excluding hydrogens is 386 g/mol. The molecule has 1 fully saturated rings. The van der Waals surface area contributed by atoms with Gasteiger partial charge in [-0.3, -0.25) is 4.79 Å². The summed E-state index contributed by atoms with van der Waals surface area (Å²) >= 11 is 0. The minimum absolute atomic E-state index is 0.125. The van der Waals surface area contributed by atoms with E-state index in [1.54, 1.807) is 33.3 Å². The van der Waals surface area contributed by atoms with Crippen LogP contribution in [0, 0.1) is 5.92 Å². The van der Waals surface area contributed by atoms with Crippen LogP contribution in [0.1, 0.15) is 44.1 Å². The number of methoxy groups -OCH3 is 2. The summed E-state index contributed by atoms with van der Waals surface area (Å²) in [5, 5.41) is 3.65. The maximum atomic E-state index is 13.1. The van der Waals surface area contributed by atoms with Crippen LogP contribution in [-0.4, -0.2) is 56.8 Å². The highest BCUT2D eigenvalue weighted by atomic mass is 16.5. The summed E-state index contributed by atoms with van der Waals surface area (Å²) in [6.07, 6.45) is 2.32. The summed E-state index contributed by atoms with van der Waals surface area (Å²) in [5.74, 6) is 0.996. The Bertz CT molecular complexity index is 923. The van der Waals surface area contributed by atoms with Gasteiger partial charge in [0, 0.05) is 17.4 Å². The fourth-order valence-corrected chi connectivity index (χ4v) is 4.15. The predicted octanol–water partition coefficient (Wildman–Crippen LogP) is 2.00. The Morgan fingerprint density at radius 2 is 1.97 bits per heavy atom. The average molecular weight is 419 g/mol. The van der Waals surface area contributed by atoms with Gasteiger partial charge in [-0.05, 0) is 32.8 Å². The smallest absolute Gasteiger partial charge is 0.356 e. The number of ether oxygens (including phenoxy) is 3. The van der Waals surface area contributed by atoms with Gasteiger partial charge in [-0.25, -0.2) is 4.79 Å². The van der Waals surface area contributed by atoms with Gasteiger partial charge in [0.25, 0.3) is 5.91 Å². The van der Waals surface area contributed by atoms with Crippen LogP contribution in [0.3, 0.4) is 0 Å². The number of H-pyrrole nitrogens is 1. The van der Waals surface area contributed by atoms with E-state index in [9.17, 15) is 9.59 Å². The van der Waals surface area contributed by atoms with Crippen molar-refractivity contribution in [2.24, 2.45) is 5.92 Å². The normalized spacial score (nSPS) is 19.9. The third-order valence-electron chi connectivity index (χ3n) is 5.84. The molecular formula is C22H32N3O5+. The van der Waals surface area contributed by atoms with Gasteiger partial charge in [-0.2, -0.15) is 0 Å². The van der Waals surface area contributed by atoms with Gasteiger partial charge in [0.05, 0.1) is 45.1 Å². The van der Waals surface area contributed by atoms with Gasteiger partial charge in [-0.1, -0.05) is 6.92 Å². The third kappa shape index (κ3) is 4.38. The standard InChI is InChI=1S/C22H31N3O5/c1-6-30-22(27)20-19(15-10-17(28-4)18(29-5)11-16(15)23-20)24-21(26)14(3)25-9-7-8-13(2)12-25/h10-11,13-14,23H,6-9,12H2,1-5H3,(H,24,26)/p+1/t13-,14+/m0/s1. The molecule has 2 aromatic rings. The van der Waals surface area contributed by atoms with Crippen LogP contribution in [0.5, 0.6) is 11.5 Å². The van der Waals surface area contributed by atoms with Crippen LogP contribution in [0.15, 0.2) is 12.1 Å². The Morgan fingerprint density at radius 1 is 1.27 bits per heavy atom. The quantitative estimate of drug-likeness (QED) is 0.598. The van der Waals surface area contributed by atoms with E-state index >= 15 is 0 Å². The van der Waals surface area contributed by atoms with E-state index < -0.39 is 5.97 Å². The zero-order valence-electron chi connectivity index (χ0n) is 18.4. The molecule has 0 radical (unpaired) electrons. The van der Waals surface area contributed by atoms with Crippen molar-refractivity contribution in [3.8, 4) is 11.5 Å². The SMILES string of the molecule is CCOC(=O)c1[nH]c2cc(OC)c(OC)cc2c1NC(=O)[C@@H](C)[NH+]1CCC[C@H](C)C1. The number of likely N-dealkylation sites (tertiary alicyclic amines) is 1. The molecule has 1 aliphatic heterocycles. The van der Waals surface area contributed by atoms with Crippen molar-refractivity contribution >= 4 is 28.5 Å². The zero-order chi connectivity index (χ0) is 21.8. The Morgan fingerprint density at radius 3 is 2.60 bits per heavy atom. The van der Waals surface area contributed by atoms with Gasteiger partial charge in [0.15, 0.2) is 17.5 Å². The minimum atomic E-state index is -0.520. The molecule has 0 bridgehead atoms. The topological polar surface area (TPSA) is 94.1 Å². The van der Waals surface area contributed by atoms with Crippen molar-refractivity contribution in [1.29, 1.82) is 0 Å². The molecule has 2 heterocycles. The fraction of sp³-hybridized carbons (Fsp3) is 0.545. The number of anilines is 1. The highest BCUT2D eigenvalue weighted by molar-refractivity contribution is 6.12. The van der Waals surface area contributed by atoms with Crippen LogP contribution in [0.2, 0.25) is 0 Å². The largest absolute Gasteiger partial charge is 0.493 e. The third-order valence-corrected chi connectivity index (χ3v) is 5.84. The van der Waals surface area contributed by atoms with Crippen LogP contribution >= 0.6 is 0 Å². The van der Waals surface area contributed by atoms with Crippen LogP contribution in [0.4, 0.5) is 5.69 Å². The molecule has 3 rings (SSSR count). The van der Waals surface area contributed by atoms with Crippen molar-refractivity contribution in [3.05, 3.63) is 17.8 Å². The molecule has 1 unspecified atom stereocenters. The lowest BCUT2D eigenvalue weighted by molar-refractivity contribution is -0.922. The van der Waals surface area contributed by atoms with Crippen LogP contribution in [-0.2, 0) is 9.53 Å². The number of carbonyl (C=O) groups is 2. The first-order valence-electron chi connectivity index (χ1n) is 10.5. The number of quaternary nitrogens is 1. The number of nitrogens with one attached hydrogen (secondary N) is 3. The number of fused-ring (bicyclic) bond motifs is 1. The van der Waals surface area contributed by atoms with Crippen molar-refractivity contribution in [3.63, 3.8) is 0 Å².